The van der Waals surface area contributed by atoms with Gasteiger partial charge in [-0.3, -0.25) is 13.6 Å². The predicted molar refractivity (Wildman–Crippen MR) is 37.7 cm³/mol. The average molecular weight is 269 g/mol. The number of rotatable bonds is 4. The maximum atomic E-state index is 10.5. The third-order valence-corrected chi connectivity index (χ3v) is 3.51. The van der Waals surface area contributed by atoms with E-state index >= 15 is 0 Å². The molecule has 0 aromatic carbocycles. The largest absolute Gasteiger partial charge is 1.00 e. The maximum Gasteiger partial charge on any atom is 1.00 e. The molecule has 0 aromatic rings. The Labute approximate surface area is 130 Å². The first-order chi connectivity index (χ1) is 5.28. The fourth-order valence-corrected chi connectivity index (χ4v) is 1.75. The van der Waals surface area contributed by atoms with Crippen molar-refractivity contribution < 1.29 is 92.4 Å². The van der Waals surface area contributed by atoms with Gasteiger partial charge in [-0.05, 0) is 0 Å². The van der Waals surface area contributed by atoms with Gasteiger partial charge in [-0.25, -0.2) is 0 Å². The number of nitrogens with zero attached hydrogens (tertiary/aromatic N) is 1. The van der Waals surface area contributed by atoms with Crippen LogP contribution < -0.4 is 59.1 Å². The molecule has 0 unspecified atom stereocenters. The van der Waals surface area contributed by atoms with Gasteiger partial charge in [-0.15, -0.1) is 0 Å². The van der Waals surface area contributed by atoms with Crippen molar-refractivity contribution in [2.45, 2.75) is 0 Å². The summed E-state index contributed by atoms with van der Waals surface area (Å²) in [5.41, 5.74) is 0. The van der Waals surface area contributed by atoms with E-state index in [1.807, 2.05) is 0 Å². The fourth-order valence-electron chi connectivity index (χ4n) is 0.239. The second-order valence-electron chi connectivity index (χ2n) is 1.43. The topological polar surface area (TPSA) is 110 Å². The molecular formula is C2H9NNa2O7S2. The molecule has 78 valence electrons. The molecule has 0 saturated heterocycles. The molecule has 8 nitrogen and oxygen atoms in total. The average Bonchev–Trinajstić information content (AvgIpc) is 2.03. The van der Waals surface area contributed by atoms with Gasteiger partial charge < -0.3 is 2.85 Å². The van der Waals surface area contributed by atoms with Gasteiger partial charge in [0, 0.05) is 0 Å². The summed E-state index contributed by atoms with van der Waals surface area (Å²) in [6, 6.07) is 0. The van der Waals surface area contributed by atoms with Gasteiger partial charge in [0.15, 0.2) is 0 Å². The molecule has 12 heteroatoms. The summed E-state index contributed by atoms with van der Waals surface area (Å²) in [5, 5.41) is 8.51. The summed E-state index contributed by atoms with van der Waals surface area (Å²) in [7, 11) is -8.02. The number of hydrogen-bond acceptors (Lipinski definition) is 7. The zero-order chi connectivity index (χ0) is 9.99. The zero-order valence-electron chi connectivity index (χ0n) is 10.2. The van der Waals surface area contributed by atoms with Gasteiger partial charge in [-0.2, -0.15) is 16.8 Å². The van der Waals surface area contributed by atoms with Gasteiger partial charge in [0.2, 0.25) is 0 Å². The van der Waals surface area contributed by atoms with Crippen LogP contribution in [0.5, 0.6) is 0 Å². The van der Waals surface area contributed by atoms with Crippen LogP contribution in [0.25, 0.3) is 0 Å². The summed E-state index contributed by atoms with van der Waals surface area (Å²) in [6.45, 7) is 0. The van der Waals surface area contributed by atoms with Crippen LogP contribution in [0.1, 0.15) is 2.85 Å². The van der Waals surface area contributed by atoms with Crippen LogP contribution in [-0.4, -0.2) is 40.1 Å². The molecular weight excluding hydrogens is 260 g/mol. The summed E-state index contributed by atoms with van der Waals surface area (Å²) in [6.07, 6.45) is 0. The number of hydrogen-bond donors (Lipinski definition) is 1. The van der Waals surface area contributed by atoms with Crippen LogP contribution >= 0.6 is 0 Å². The zero-order valence-corrected chi connectivity index (χ0v) is 13.8. The van der Waals surface area contributed by atoms with E-state index in [1.54, 1.807) is 0 Å². The molecule has 0 aliphatic heterocycles. The van der Waals surface area contributed by atoms with Gasteiger partial charge in [0.05, 0.1) is 18.1 Å². The molecule has 0 amide bonds. The third kappa shape index (κ3) is 5.72. The van der Waals surface area contributed by atoms with Gasteiger partial charge >= 0.3 is 79.7 Å². The minimum Gasteiger partial charge on any atom is -1.00 e. The van der Waals surface area contributed by atoms with Crippen molar-refractivity contribution in [3.63, 3.8) is 0 Å². The van der Waals surface area contributed by atoms with E-state index in [2.05, 4.69) is 8.37 Å². The summed E-state index contributed by atoms with van der Waals surface area (Å²) >= 11 is 0. The predicted octanol–water partition coefficient (Wildman–Crippen LogP) is -7.31. The molecule has 0 spiro atoms. The Morgan fingerprint density at radius 3 is 1.36 bits per heavy atom. The molecule has 0 bridgehead atoms. The van der Waals surface area contributed by atoms with Crippen molar-refractivity contribution in [2.75, 3.05) is 14.2 Å². The quantitative estimate of drug-likeness (QED) is 0.399. The van der Waals surface area contributed by atoms with E-state index in [9.17, 15) is 16.8 Å². The van der Waals surface area contributed by atoms with Crippen LogP contribution in [0.2, 0.25) is 0 Å². The summed E-state index contributed by atoms with van der Waals surface area (Å²) < 4.78 is 48.3. The van der Waals surface area contributed by atoms with E-state index < -0.39 is 24.5 Å². The second-order valence-corrected chi connectivity index (χ2v) is 4.73. The molecule has 0 saturated carbocycles. The normalized spacial score (nSPS) is 11.7. The Morgan fingerprint density at radius 2 is 1.21 bits per heavy atom. The molecule has 1 N–H and O–H groups in total. The smallest absolute Gasteiger partial charge is 1.00 e. The Balaban J connectivity index is -0.000000101. The Hall–Kier alpha value is 1.74. The van der Waals surface area contributed by atoms with E-state index in [-0.39, 0.29) is 62.0 Å². The van der Waals surface area contributed by atoms with Crippen LogP contribution in [0.3, 0.4) is 0 Å². The van der Waals surface area contributed by atoms with Gasteiger partial charge in [0.25, 0.3) is 0 Å². The van der Waals surface area contributed by atoms with Crippen molar-refractivity contribution in [3.05, 3.63) is 0 Å². The van der Waals surface area contributed by atoms with Gasteiger partial charge in [-0.1, -0.05) is 0 Å². The molecule has 0 radical (unpaired) electrons. The standard InChI is InChI=1S/C2H7NO7S2.2Na.2H/c1-9-11(5,6)3(4)12(7,8)10-2;;;;/h4H,1-2H3;;;;/q;2*+1;2*-1. The van der Waals surface area contributed by atoms with Crippen LogP contribution in [-0.2, 0) is 29.0 Å². The Morgan fingerprint density at radius 1 is 1.00 bits per heavy atom. The van der Waals surface area contributed by atoms with Crippen molar-refractivity contribution in [2.24, 2.45) is 0 Å². The molecule has 14 heavy (non-hydrogen) atoms. The summed E-state index contributed by atoms with van der Waals surface area (Å²) in [4.78, 5) is 0. The van der Waals surface area contributed by atoms with Crippen molar-refractivity contribution in [1.29, 1.82) is 0 Å². The minimum absolute atomic E-state index is 0. The molecule has 0 atom stereocenters. The first-order valence-electron chi connectivity index (χ1n) is 2.38. The third-order valence-electron chi connectivity index (χ3n) is 0.804. The van der Waals surface area contributed by atoms with E-state index in [1.165, 1.54) is 0 Å². The molecule has 0 fully saturated rings. The monoisotopic (exact) mass is 269 g/mol. The van der Waals surface area contributed by atoms with E-state index in [0.29, 0.717) is 14.2 Å². The van der Waals surface area contributed by atoms with Crippen molar-refractivity contribution in [3.8, 4) is 0 Å². The SMILES string of the molecule is COS(=O)(=O)N(O)S(=O)(=O)OC.[H-].[H-].[Na+].[Na+]. The fraction of sp³-hybridized carbons (Fsp3) is 1.00. The van der Waals surface area contributed by atoms with Crippen molar-refractivity contribution in [1.82, 2.24) is 3.87 Å². The van der Waals surface area contributed by atoms with Crippen molar-refractivity contribution >= 4 is 20.6 Å². The Bertz CT molecular complexity index is 309. The molecule has 0 aromatic heterocycles. The summed E-state index contributed by atoms with van der Waals surface area (Å²) in [5.74, 6) is 0. The van der Waals surface area contributed by atoms with E-state index in [4.69, 9.17) is 5.21 Å². The molecule has 0 aliphatic carbocycles. The van der Waals surface area contributed by atoms with Crippen LogP contribution in [0, 0.1) is 0 Å². The molecule has 0 aliphatic rings. The first-order valence-corrected chi connectivity index (χ1v) is 5.11. The van der Waals surface area contributed by atoms with Gasteiger partial charge in [0.1, 0.15) is 0 Å². The maximum absolute atomic E-state index is 10.5. The molecule has 0 rings (SSSR count). The van der Waals surface area contributed by atoms with E-state index in [0.717, 1.165) is 0 Å². The molecule has 0 heterocycles. The first kappa shape index (κ1) is 21.1. The minimum atomic E-state index is -4.69. The second kappa shape index (κ2) is 7.92. The Kier molecular flexibility index (Phi) is 11.9. The van der Waals surface area contributed by atoms with Crippen LogP contribution in [0.15, 0.2) is 0 Å². The van der Waals surface area contributed by atoms with Crippen LogP contribution in [0.4, 0.5) is 0 Å².